The van der Waals surface area contributed by atoms with Crippen molar-refractivity contribution in [3.05, 3.63) is 35.9 Å². The first-order chi connectivity index (χ1) is 10.0. The Labute approximate surface area is 125 Å². The Hall–Kier alpha value is -1.35. The number of fused-ring (bicyclic) bond motifs is 2. The Balaban J connectivity index is 1.78. The molecule has 1 aromatic carbocycles. The van der Waals surface area contributed by atoms with Gasteiger partial charge in [0.05, 0.1) is 11.0 Å². The van der Waals surface area contributed by atoms with E-state index in [9.17, 15) is 15.0 Å². The number of aliphatic carboxylic acids is 1. The average Bonchev–Trinajstić information content (AvgIpc) is 2.73. The van der Waals surface area contributed by atoms with Gasteiger partial charge in [-0.25, -0.2) is 0 Å². The molecule has 0 radical (unpaired) electrons. The molecule has 3 nitrogen and oxygen atoms in total. The molecule has 3 aliphatic carbocycles. The first-order valence-electron chi connectivity index (χ1n) is 8.05. The zero-order valence-electron chi connectivity index (χ0n) is 12.2. The largest absolute Gasteiger partial charge is 0.481 e. The van der Waals surface area contributed by atoms with Crippen LogP contribution in [0.2, 0.25) is 0 Å². The molecule has 0 heterocycles. The van der Waals surface area contributed by atoms with E-state index in [-0.39, 0.29) is 5.92 Å². The van der Waals surface area contributed by atoms with Gasteiger partial charge >= 0.3 is 5.97 Å². The van der Waals surface area contributed by atoms with Gasteiger partial charge in [-0.3, -0.25) is 4.79 Å². The van der Waals surface area contributed by atoms with E-state index in [0.29, 0.717) is 18.3 Å². The zero-order chi connectivity index (χ0) is 14.7. The van der Waals surface area contributed by atoms with Crippen LogP contribution in [0.5, 0.6) is 0 Å². The second-order valence-electron chi connectivity index (χ2n) is 7.50. The lowest BCUT2D eigenvalue weighted by Crippen LogP contribution is -2.38. The molecule has 3 saturated carbocycles. The Morgan fingerprint density at radius 2 is 1.90 bits per heavy atom. The van der Waals surface area contributed by atoms with Crippen LogP contribution >= 0.6 is 0 Å². The molecule has 0 aliphatic heterocycles. The lowest BCUT2D eigenvalue weighted by atomic mass is 9.69. The fraction of sp³-hybridized carbons (Fsp3) is 0.611. The van der Waals surface area contributed by atoms with Gasteiger partial charge in [-0.05, 0) is 61.8 Å². The van der Waals surface area contributed by atoms with Gasteiger partial charge in [-0.2, -0.15) is 0 Å². The highest BCUT2D eigenvalue weighted by Crippen LogP contribution is 2.64. The Bertz CT molecular complexity index is 569. The molecule has 5 unspecified atom stereocenters. The number of hydrogen-bond acceptors (Lipinski definition) is 2. The van der Waals surface area contributed by atoms with Crippen molar-refractivity contribution < 1.29 is 15.0 Å². The maximum Gasteiger partial charge on any atom is 0.309 e. The van der Waals surface area contributed by atoms with Crippen LogP contribution in [0, 0.1) is 23.2 Å². The predicted octanol–water partition coefficient (Wildman–Crippen LogP) is 3.18. The van der Waals surface area contributed by atoms with Crippen molar-refractivity contribution in [1.29, 1.82) is 0 Å². The minimum Gasteiger partial charge on any atom is -0.481 e. The van der Waals surface area contributed by atoms with Gasteiger partial charge in [0.1, 0.15) is 0 Å². The quantitative estimate of drug-likeness (QED) is 0.878. The first-order valence-corrected chi connectivity index (χ1v) is 8.05. The van der Waals surface area contributed by atoms with Crippen LogP contribution in [0.15, 0.2) is 30.3 Å². The molecule has 0 amide bonds. The summed E-state index contributed by atoms with van der Waals surface area (Å²) in [6.07, 6.45) is 5.06. The van der Waals surface area contributed by atoms with Crippen molar-refractivity contribution in [2.75, 3.05) is 0 Å². The summed E-state index contributed by atoms with van der Waals surface area (Å²) in [6.45, 7) is 0. The predicted molar refractivity (Wildman–Crippen MR) is 78.6 cm³/mol. The zero-order valence-corrected chi connectivity index (χ0v) is 12.2. The number of rotatable bonds is 2. The number of carbonyl (C=O) groups is 1. The van der Waals surface area contributed by atoms with Gasteiger partial charge < -0.3 is 10.2 Å². The van der Waals surface area contributed by atoms with Crippen molar-refractivity contribution in [2.24, 2.45) is 23.2 Å². The maximum atomic E-state index is 11.8. The van der Waals surface area contributed by atoms with Crippen LogP contribution in [-0.2, 0) is 10.4 Å². The molecule has 3 aliphatic rings. The molecular weight excluding hydrogens is 264 g/mol. The smallest absolute Gasteiger partial charge is 0.309 e. The van der Waals surface area contributed by atoms with Gasteiger partial charge in [0.15, 0.2) is 0 Å². The van der Waals surface area contributed by atoms with Crippen LogP contribution in [-0.4, -0.2) is 16.2 Å². The third-order valence-electron chi connectivity index (χ3n) is 6.42. The van der Waals surface area contributed by atoms with E-state index in [0.717, 1.165) is 37.7 Å². The SMILES string of the molecule is O=C(O)C12CC3CCC(O)(c4ccccc4)C(C1)C(C3)C2. The second kappa shape index (κ2) is 4.33. The number of hydrogen-bond donors (Lipinski definition) is 2. The number of carboxylic acid groups (broad SMARTS) is 1. The van der Waals surface area contributed by atoms with E-state index < -0.39 is 17.0 Å². The summed E-state index contributed by atoms with van der Waals surface area (Å²) in [5, 5.41) is 21.2. The monoisotopic (exact) mass is 286 g/mol. The summed E-state index contributed by atoms with van der Waals surface area (Å²) >= 11 is 0. The summed E-state index contributed by atoms with van der Waals surface area (Å²) in [5.74, 6) is 0.302. The molecule has 1 aromatic rings. The summed E-state index contributed by atoms with van der Waals surface area (Å²) in [4.78, 5) is 11.8. The fourth-order valence-electron chi connectivity index (χ4n) is 5.53. The third kappa shape index (κ3) is 1.80. The Morgan fingerprint density at radius 3 is 2.62 bits per heavy atom. The second-order valence-corrected chi connectivity index (χ2v) is 7.50. The molecule has 21 heavy (non-hydrogen) atoms. The van der Waals surface area contributed by atoms with E-state index in [1.807, 2.05) is 30.3 Å². The molecule has 0 saturated heterocycles. The summed E-state index contributed by atoms with van der Waals surface area (Å²) in [6, 6.07) is 9.90. The van der Waals surface area contributed by atoms with Crippen molar-refractivity contribution in [3.63, 3.8) is 0 Å². The molecule has 3 heteroatoms. The molecule has 3 bridgehead atoms. The average molecular weight is 286 g/mol. The third-order valence-corrected chi connectivity index (χ3v) is 6.42. The van der Waals surface area contributed by atoms with Crippen molar-refractivity contribution in [1.82, 2.24) is 0 Å². The van der Waals surface area contributed by atoms with Gasteiger partial charge in [-0.1, -0.05) is 30.3 Å². The van der Waals surface area contributed by atoms with E-state index >= 15 is 0 Å². The van der Waals surface area contributed by atoms with Crippen LogP contribution in [0.25, 0.3) is 0 Å². The molecule has 0 spiro atoms. The molecule has 3 fully saturated rings. The standard InChI is InChI=1S/C18H22O3/c19-16(20)17-9-12-6-7-18(21,14-4-2-1-3-5-14)15(11-17)13(8-12)10-17/h1-5,12-13,15,21H,6-11H2,(H,19,20). The minimum atomic E-state index is -0.835. The molecule has 2 N–H and O–H groups in total. The van der Waals surface area contributed by atoms with E-state index in [2.05, 4.69) is 0 Å². The lowest BCUT2D eigenvalue weighted by molar-refractivity contribution is -0.152. The van der Waals surface area contributed by atoms with E-state index in [4.69, 9.17) is 0 Å². The van der Waals surface area contributed by atoms with Gasteiger partial charge in [0.2, 0.25) is 0 Å². The lowest BCUT2D eigenvalue weighted by Gasteiger charge is -2.38. The summed E-state index contributed by atoms with van der Waals surface area (Å²) < 4.78 is 0. The van der Waals surface area contributed by atoms with Crippen LogP contribution < -0.4 is 0 Å². The number of aliphatic hydroxyl groups is 1. The van der Waals surface area contributed by atoms with Crippen LogP contribution in [0.4, 0.5) is 0 Å². The highest BCUT2D eigenvalue weighted by molar-refractivity contribution is 5.75. The van der Waals surface area contributed by atoms with Crippen molar-refractivity contribution in [3.8, 4) is 0 Å². The van der Waals surface area contributed by atoms with Crippen molar-refractivity contribution in [2.45, 2.75) is 44.1 Å². The Kier molecular flexibility index (Phi) is 2.74. The van der Waals surface area contributed by atoms with E-state index in [1.54, 1.807) is 0 Å². The maximum absolute atomic E-state index is 11.8. The van der Waals surface area contributed by atoms with Crippen LogP contribution in [0.1, 0.15) is 44.1 Å². The molecule has 4 rings (SSSR count). The van der Waals surface area contributed by atoms with E-state index in [1.165, 1.54) is 0 Å². The summed E-state index contributed by atoms with van der Waals surface area (Å²) in [5.41, 5.74) is -0.427. The molecular formula is C18H22O3. The minimum absolute atomic E-state index is 0.100. The van der Waals surface area contributed by atoms with Gasteiger partial charge in [0.25, 0.3) is 0 Å². The topological polar surface area (TPSA) is 57.5 Å². The molecule has 112 valence electrons. The van der Waals surface area contributed by atoms with Gasteiger partial charge in [-0.15, -0.1) is 0 Å². The molecule has 5 atom stereocenters. The Morgan fingerprint density at radius 1 is 1.14 bits per heavy atom. The molecule has 0 aromatic heterocycles. The first kappa shape index (κ1) is 13.3. The normalized spacial score (nSPS) is 44.5. The summed E-state index contributed by atoms with van der Waals surface area (Å²) in [7, 11) is 0. The van der Waals surface area contributed by atoms with Crippen LogP contribution in [0.3, 0.4) is 0 Å². The number of benzene rings is 1. The van der Waals surface area contributed by atoms with Gasteiger partial charge in [0, 0.05) is 0 Å². The number of carboxylic acids is 1. The highest BCUT2D eigenvalue weighted by Gasteiger charge is 2.61. The highest BCUT2D eigenvalue weighted by atomic mass is 16.4. The fourth-order valence-corrected chi connectivity index (χ4v) is 5.53. The van der Waals surface area contributed by atoms with Crippen molar-refractivity contribution >= 4 is 5.97 Å².